The van der Waals surface area contributed by atoms with Crippen molar-refractivity contribution in [3.8, 4) is 0 Å². The normalized spacial score (nSPS) is 9.10. The predicted molar refractivity (Wildman–Crippen MR) is 39.4 cm³/mol. The molecule has 0 amide bonds. The van der Waals surface area contributed by atoms with E-state index in [1.165, 1.54) is 5.56 Å². The van der Waals surface area contributed by atoms with Gasteiger partial charge in [-0.1, -0.05) is 13.8 Å². The van der Waals surface area contributed by atoms with Crippen molar-refractivity contribution < 1.29 is 51.4 Å². The molecule has 1 rings (SSSR count). The Hall–Kier alpha value is 0.856. The summed E-state index contributed by atoms with van der Waals surface area (Å²) in [5, 5.41) is 0. The van der Waals surface area contributed by atoms with Crippen LogP contribution in [-0.4, -0.2) is 0 Å². The van der Waals surface area contributed by atoms with E-state index in [4.69, 9.17) is 0 Å². The molecule has 0 bridgehead atoms. The van der Waals surface area contributed by atoms with Crippen LogP contribution in [0.15, 0.2) is 24.3 Å². The zero-order valence-corrected chi connectivity index (χ0v) is 10.0. The molecule has 0 nitrogen and oxygen atoms in total. The SMILES string of the molecule is CC(C)c1[c-]cccc1.[K+]. The van der Waals surface area contributed by atoms with Crippen LogP contribution in [0.3, 0.4) is 0 Å². The quantitative estimate of drug-likeness (QED) is 0.386. The molecular weight excluding hydrogens is 147 g/mol. The van der Waals surface area contributed by atoms with Gasteiger partial charge in [-0.2, -0.15) is 35.9 Å². The van der Waals surface area contributed by atoms with Crippen molar-refractivity contribution in [1.82, 2.24) is 0 Å². The van der Waals surface area contributed by atoms with Crippen molar-refractivity contribution in [2.45, 2.75) is 19.8 Å². The van der Waals surface area contributed by atoms with E-state index in [1.807, 2.05) is 18.2 Å². The second-order valence-electron chi connectivity index (χ2n) is 2.47. The van der Waals surface area contributed by atoms with E-state index in [-0.39, 0.29) is 51.4 Å². The predicted octanol–water partition coefficient (Wildman–Crippen LogP) is -0.386. The van der Waals surface area contributed by atoms with Crippen LogP contribution in [0.25, 0.3) is 0 Å². The number of rotatable bonds is 1. The van der Waals surface area contributed by atoms with Crippen molar-refractivity contribution >= 4 is 0 Å². The van der Waals surface area contributed by atoms with Gasteiger partial charge in [0.15, 0.2) is 0 Å². The molecule has 0 spiro atoms. The molecule has 0 saturated carbocycles. The van der Waals surface area contributed by atoms with Gasteiger partial charge in [0, 0.05) is 0 Å². The monoisotopic (exact) mass is 158 g/mol. The van der Waals surface area contributed by atoms with Crippen LogP contribution in [0.2, 0.25) is 0 Å². The molecule has 1 aromatic carbocycles. The maximum atomic E-state index is 3.17. The smallest absolute Gasteiger partial charge is 0.180 e. The van der Waals surface area contributed by atoms with Gasteiger partial charge in [-0.3, -0.25) is 0 Å². The minimum atomic E-state index is 0. The Balaban J connectivity index is 0.000000810. The molecule has 0 aliphatic heterocycles. The Morgan fingerprint density at radius 2 is 2.00 bits per heavy atom. The number of hydrogen-bond acceptors (Lipinski definition) is 0. The zero-order valence-electron chi connectivity index (χ0n) is 6.89. The number of hydrogen-bond donors (Lipinski definition) is 0. The standard InChI is InChI=1S/C9H11.K/c1-8(2)9-6-4-3-5-7-9;/h3-6,8H,1-2H3;/q-1;+1. The van der Waals surface area contributed by atoms with Crippen LogP contribution in [0, 0.1) is 6.07 Å². The maximum Gasteiger partial charge on any atom is 1.00 e. The van der Waals surface area contributed by atoms with Crippen LogP contribution in [0.5, 0.6) is 0 Å². The summed E-state index contributed by atoms with van der Waals surface area (Å²) < 4.78 is 0. The topological polar surface area (TPSA) is 0 Å². The first-order chi connectivity index (χ1) is 4.30. The van der Waals surface area contributed by atoms with E-state index in [0.29, 0.717) is 5.92 Å². The van der Waals surface area contributed by atoms with Gasteiger partial charge in [0.05, 0.1) is 0 Å². The Bertz CT molecular complexity index is 167. The molecule has 0 atom stereocenters. The minimum Gasteiger partial charge on any atom is -0.180 e. The summed E-state index contributed by atoms with van der Waals surface area (Å²) in [6.07, 6.45) is 0. The van der Waals surface area contributed by atoms with E-state index in [2.05, 4.69) is 26.0 Å². The molecule has 0 radical (unpaired) electrons. The molecule has 0 N–H and O–H groups in total. The maximum absolute atomic E-state index is 3.17. The molecule has 0 heterocycles. The minimum absolute atomic E-state index is 0. The third kappa shape index (κ3) is 3.31. The molecule has 1 heteroatoms. The average Bonchev–Trinajstić information content (AvgIpc) is 1.90. The second kappa shape index (κ2) is 5.50. The van der Waals surface area contributed by atoms with Crippen LogP contribution in [-0.2, 0) is 0 Å². The van der Waals surface area contributed by atoms with Crippen molar-refractivity contribution in [2.75, 3.05) is 0 Å². The molecule has 0 aliphatic carbocycles. The molecule has 0 saturated heterocycles. The first-order valence-electron chi connectivity index (χ1n) is 3.27. The van der Waals surface area contributed by atoms with Crippen molar-refractivity contribution in [2.24, 2.45) is 0 Å². The zero-order chi connectivity index (χ0) is 6.69. The molecule has 0 aliphatic rings. The van der Waals surface area contributed by atoms with E-state index in [9.17, 15) is 0 Å². The van der Waals surface area contributed by atoms with Gasteiger partial charge in [0.2, 0.25) is 0 Å². The fourth-order valence-corrected chi connectivity index (χ4v) is 0.766. The molecule has 0 unspecified atom stereocenters. The van der Waals surface area contributed by atoms with Crippen LogP contribution in [0.1, 0.15) is 25.3 Å². The van der Waals surface area contributed by atoms with Gasteiger partial charge in [0.1, 0.15) is 0 Å². The number of benzene rings is 1. The van der Waals surface area contributed by atoms with Gasteiger partial charge in [0.25, 0.3) is 0 Å². The Kier molecular flexibility index (Phi) is 5.97. The summed E-state index contributed by atoms with van der Waals surface area (Å²) in [6, 6.07) is 11.3. The van der Waals surface area contributed by atoms with Gasteiger partial charge >= 0.3 is 51.4 Å². The Morgan fingerprint density at radius 3 is 2.30 bits per heavy atom. The van der Waals surface area contributed by atoms with Gasteiger partial charge in [-0.05, 0) is 5.92 Å². The third-order valence-electron chi connectivity index (χ3n) is 1.36. The van der Waals surface area contributed by atoms with E-state index >= 15 is 0 Å². The van der Waals surface area contributed by atoms with E-state index < -0.39 is 0 Å². The van der Waals surface area contributed by atoms with E-state index in [0.717, 1.165) is 0 Å². The van der Waals surface area contributed by atoms with Gasteiger partial charge < -0.3 is 0 Å². The van der Waals surface area contributed by atoms with Crippen molar-refractivity contribution in [1.29, 1.82) is 0 Å². The molecule has 0 aromatic heterocycles. The summed E-state index contributed by atoms with van der Waals surface area (Å²) in [6.45, 7) is 4.34. The fraction of sp³-hybridized carbons (Fsp3) is 0.333. The summed E-state index contributed by atoms with van der Waals surface area (Å²) in [4.78, 5) is 0. The first-order valence-corrected chi connectivity index (χ1v) is 3.27. The second-order valence-corrected chi connectivity index (χ2v) is 2.47. The molecule has 1 aromatic rings. The third-order valence-corrected chi connectivity index (χ3v) is 1.36. The van der Waals surface area contributed by atoms with Gasteiger partial charge in [-0.25, -0.2) is 0 Å². The van der Waals surface area contributed by atoms with Crippen LogP contribution >= 0.6 is 0 Å². The average molecular weight is 158 g/mol. The first kappa shape index (κ1) is 10.9. The largest absolute Gasteiger partial charge is 1.00 e. The Labute approximate surface area is 105 Å². The summed E-state index contributed by atoms with van der Waals surface area (Å²) in [5.41, 5.74) is 1.29. The molecule has 48 valence electrons. The summed E-state index contributed by atoms with van der Waals surface area (Å²) in [5.74, 6) is 0.603. The van der Waals surface area contributed by atoms with Crippen molar-refractivity contribution in [3.63, 3.8) is 0 Å². The summed E-state index contributed by atoms with van der Waals surface area (Å²) in [7, 11) is 0. The van der Waals surface area contributed by atoms with E-state index in [1.54, 1.807) is 0 Å². The Morgan fingerprint density at radius 1 is 1.30 bits per heavy atom. The van der Waals surface area contributed by atoms with Crippen LogP contribution < -0.4 is 51.4 Å². The summed E-state index contributed by atoms with van der Waals surface area (Å²) >= 11 is 0. The van der Waals surface area contributed by atoms with Crippen molar-refractivity contribution in [3.05, 3.63) is 35.9 Å². The van der Waals surface area contributed by atoms with Crippen LogP contribution in [0.4, 0.5) is 0 Å². The van der Waals surface area contributed by atoms with Gasteiger partial charge in [-0.15, -0.1) is 0 Å². The fourth-order valence-electron chi connectivity index (χ4n) is 0.766. The molecule has 10 heavy (non-hydrogen) atoms. The molecule has 0 fully saturated rings. The molecular formula is C9H11K.